The Balaban J connectivity index is 1.49. The number of carbonyl (C=O) groups excluding carboxylic acids is 1. The molecule has 1 aromatic heterocycles. The number of carbonyl (C=O) groups is 1. The smallest absolute Gasteiger partial charge is 0.243 e. The molecule has 3 rings (SSSR count). The number of nitrogens with zero attached hydrogens (tertiary/aromatic N) is 1. The molecule has 1 amide bonds. The molecule has 0 atom stereocenters. The van der Waals surface area contributed by atoms with Crippen molar-refractivity contribution in [1.29, 1.82) is 0 Å². The molecule has 2 N–H and O–H groups in total. The molecule has 0 fully saturated rings. The fourth-order valence-electron chi connectivity index (χ4n) is 2.86. The first-order valence-corrected chi connectivity index (χ1v) is 9.29. The van der Waals surface area contributed by atoms with Gasteiger partial charge >= 0.3 is 0 Å². The monoisotopic (exact) mass is 399 g/mol. The number of aromatic amines is 1. The topological polar surface area (TPSA) is 76.2 Å². The van der Waals surface area contributed by atoms with Gasteiger partial charge in [-0.1, -0.05) is 23.7 Å². The van der Waals surface area contributed by atoms with Crippen LogP contribution in [0.3, 0.4) is 0 Å². The second-order valence-corrected chi connectivity index (χ2v) is 6.57. The van der Waals surface area contributed by atoms with Crippen LogP contribution >= 0.6 is 11.6 Å². The van der Waals surface area contributed by atoms with Gasteiger partial charge in [0.05, 0.1) is 30.3 Å². The first-order chi connectivity index (χ1) is 13.6. The molecule has 3 aromatic rings. The molecule has 1 heterocycles. The number of rotatable bonds is 8. The number of aromatic nitrogens is 2. The molecule has 28 heavy (non-hydrogen) atoms. The minimum Gasteiger partial charge on any atom is -0.493 e. The summed E-state index contributed by atoms with van der Waals surface area (Å²) >= 11 is 6.17. The van der Waals surface area contributed by atoms with E-state index in [9.17, 15) is 4.79 Å². The molecule has 2 aromatic carbocycles. The van der Waals surface area contributed by atoms with Gasteiger partial charge in [0.25, 0.3) is 0 Å². The molecule has 0 aliphatic heterocycles. The van der Waals surface area contributed by atoms with Gasteiger partial charge in [-0.15, -0.1) is 0 Å². The predicted octanol–water partition coefficient (Wildman–Crippen LogP) is 4.00. The summed E-state index contributed by atoms with van der Waals surface area (Å²) in [6.45, 7) is 0.562. The van der Waals surface area contributed by atoms with E-state index in [1.165, 1.54) is 20.3 Å². The Morgan fingerprint density at radius 3 is 2.82 bits per heavy atom. The fraction of sp³-hybridized carbons (Fsp3) is 0.238. The molecular formula is C21H22ClN3O3. The van der Waals surface area contributed by atoms with Gasteiger partial charge in [0, 0.05) is 19.0 Å². The fourth-order valence-corrected chi connectivity index (χ4v) is 3.15. The third-order valence-electron chi connectivity index (χ3n) is 4.21. The van der Waals surface area contributed by atoms with Crippen molar-refractivity contribution in [3.8, 4) is 11.5 Å². The maximum atomic E-state index is 12.0. The lowest BCUT2D eigenvalue weighted by Crippen LogP contribution is -2.22. The molecule has 0 saturated carbocycles. The maximum absolute atomic E-state index is 12.0. The zero-order valence-electron chi connectivity index (χ0n) is 15.8. The van der Waals surface area contributed by atoms with Crippen molar-refractivity contribution in [2.75, 3.05) is 20.8 Å². The van der Waals surface area contributed by atoms with Crippen LogP contribution in [-0.2, 0) is 11.2 Å². The molecule has 0 saturated heterocycles. The Labute approximate surface area is 168 Å². The van der Waals surface area contributed by atoms with E-state index < -0.39 is 0 Å². The number of imidazole rings is 1. The average molecular weight is 400 g/mol. The van der Waals surface area contributed by atoms with E-state index in [2.05, 4.69) is 15.3 Å². The molecule has 0 bridgehead atoms. The predicted molar refractivity (Wildman–Crippen MR) is 111 cm³/mol. The number of nitrogens with one attached hydrogen (secondary N) is 2. The average Bonchev–Trinajstić information content (AvgIpc) is 3.12. The number of para-hydroxylation sites is 2. The van der Waals surface area contributed by atoms with Crippen molar-refractivity contribution in [2.45, 2.75) is 12.8 Å². The van der Waals surface area contributed by atoms with Gasteiger partial charge in [0.15, 0.2) is 11.5 Å². The van der Waals surface area contributed by atoms with Crippen LogP contribution in [0.25, 0.3) is 17.1 Å². The van der Waals surface area contributed by atoms with Crippen molar-refractivity contribution >= 4 is 34.6 Å². The Morgan fingerprint density at radius 1 is 1.25 bits per heavy atom. The van der Waals surface area contributed by atoms with Crippen LogP contribution < -0.4 is 14.8 Å². The van der Waals surface area contributed by atoms with E-state index in [-0.39, 0.29) is 5.91 Å². The second-order valence-electron chi connectivity index (χ2n) is 6.17. The molecule has 0 aliphatic rings. The Bertz CT molecular complexity index is 965. The third kappa shape index (κ3) is 4.84. The molecule has 0 radical (unpaired) electrons. The third-order valence-corrected chi connectivity index (χ3v) is 4.49. The SMILES string of the molecule is COc1cc(/C=C/C(=O)NCCCc2nc3ccccc3[nH]2)cc(Cl)c1OC. The summed E-state index contributed by atoms with van der Waals surface area (Å²) in [6, 6.07) is 11.4. The van der Waals surface area contributed by atoms with E-state index in [0.29, 0.717) is 23.1 Å². The maximum Gasteiger partial charge on any atom is 0.243 e. The van der Waals surface area contributed by atoms with Gasteiger partial charge in [0.1, 0.15) is 5.82 Å². The number of ether oxygens (including phenoxy) is 2. The Kier molecular flexibility index (Phi) is 6.55. The minimum absolute atomic E-state index is 0.171. The highest BCUT2D eigenvalue weighted by molar-refractivity contribution is 6.32. The zero-order chi connectivity index (χ0) is 19.9. The summed E-state index contributed by atoms with van der Waals surface area (Å²) in [7, 11) is 3.06. The normalized spacial score (nSPS) is 11.1. The van der Waals surface area contributed by atoms with Crippen LogP contribution in [0.15, 0.2) is 42.5 Å². The van der Waals surface area contributed by atoms with Crippen LogP contribution in [0.1, 0.15) is 17.8 Å². The first kappa shape index (κ1) is 19.8. The van der Waals surface area contributed by atoms with E-state index in [4.69, 9.17) is 21.1 Å². The van der Waals surface area contributed by atoms with Crippen LogP contribution in [-0.4, -0.2) is 36.6 Å². The van der Waals surface area contributed by atoms with Crippen LogP contribution in [0.2, 0.25) is 5.02 Å². The molecular weight excluding hydrogens is 378 g/mol. The minimum atomic E-state index is -0.171. The van der Waals surface area contributed by atoms with E-state index in [1.54, 1.807) is 18.2 Å². The summed E-state index contributed by atoms with van der Waals surface area (Å²) in [4.78, 5) is 19.8. The van der Waals surface area contributed by atoms with E-state index >= 15 is 0 Å². The van der Waals surface area contributed by atoms with Crippen molar-refractivity contribution in [3.05, 3.63) is 58.9 Å². The van der Waals surface area contributed by atoms with Gasteiger partial charge < -0.3 is 19.8 Å². The molecule has 146 valence electrons. The number of fused-ring (bicyclic) bond motifs is 1. The van der Waals surface area contributed by atoms with Crippen LogP contribution in [0, 0.1) is 0 Å². The Morgan fingerprint density at radius 2 is 2.07 bits per heavy atom. The molecule has 7 heteroatoms. The first-order valence-electron chi connectivity index (χ1n) is 8.91. The number of hydrogen-bond acceptors (Lipinski definition) is 4. The lowest BCUT2D eigenvalue weighted by atomic mass is 10.2. The second kappa shape index (κ2) is 9.28. The number of H-pyrrole nitrogens is 1. The van der Waals surface area contributed by atoms with Crippen LogP contribution in [0.4, 0.5) is 0 Å². The van der Waals surface area contributed by atoms with Crippen LogP contribution in [0.5, 0.6) is 11.5 Å². The summed E-state index contributed by atoms with van der Waals surface area (Å²) in [5.74, 6) is 1.73. The standard InChI is InChI=1S/C21H22ClN3O3/c1-27-18-13-14(12-15(22)21(18)28-2)9-10-20(26)23-11-5-8-19-24-16-6-3-4-7-17(16)25-19/h3-4,6-7,9-10,12-13H,5,8,11H2,1-2H3,(H,23,26)(H,24,25)/b10-9+. The molecule has 0 aliphatic carbocycles. The largest absolute Gasteiger partial charge is 0.493 e. The molecule has 0 spiro atoms. The molecule has 6 nitrogen and oxygen atoms in total. The highest BCUT2D eigenvalue weighted by atomic mass is 35.5. The molecule has 0 unspecified atom stereocenters. The van der Waals surface area contributed by atoms with Crippen molar-refractivity contribution in [3.63, 3.8) is 0 Å². The van der Waals surface area contributed by atoms with Crippen molar-refractivity contribution < 1.29 is 14.3 Å². The van der Waals surface area contributed by atoms with Crippen molar-refractivity contribution in [1.82, 2.24) is 15.3 Å². The van der Waals surface area contributed by atoms with Gasteiger partial charge in [-0.2, -0.15) is 0 Å². The van der Waals surface area contributed by atoms with E-state index in [1.807, 2.05) is 24.3 Å². The quantitative estimate of drug-likeness (QED) is 0.443. The highest BCUT2D eigenvalue weighted by Crippen LogP contribution is 2.36. The highest BCUT2D eigenvalue weighted by Gasteiger charge is 2.10. The number of hydrogen-bond donors (Lipinski definition) is 2. The number of methoxy groups -OCH3 is 2. The number of benzene rings is 2. The van der Waals surface area contributed by atoms with Crippen molar-refractivity contribution in [2.24, 2.45) is 0 Å². The summed E-state index contributed by atoms with van der Waals surface area (Å²) in [6.07, 6.45) is 4.72. The lowest BCUT2D eigenvalue weighted by molar-refractivity contribution is -0.116. The number of halogens is 1. The van der Waals surface area contributed by atoms with Gasteiger partial charge in [-0.25, -0.2) is 4.98 Å². The summed E-state index contributed by atoms with van der Waals surface area (Å²) in [5.41, 5.74) is 2.73. The summed E-state index contributed by atoms with van der Waals surface area (Å²) in [5, 5.41) is 3.29. The van der Waals surface area contributed by atoms with Gasteiger partial charge in [-0.05, 0) is 42.3 Å². The summed E-state index contributed by atoms with van der Waals surface area (Å²) < 4.78 is 10.5. The lowest BCUT2D eigenvalue weighted by Gasteiger charge is -2.10. The number of amides is 1. The van der Waals surface area contributed by atoms with Gasteiger partial charge in [-0.3, -0.25) is 4.79 Å². The van der Waals surface area contributed by atoms with Gasteiger partial charge in [0.2, 0.25) is 5.91 Å². The van der Waals surface area contributed by atoms with E-state index in [0.717, 1.165) is 35.3 Å². The Hall–Kier alpha value is -2.99. The number of aryl methyl sites for hydroxylation is 1. The zero-order valence-corrected chi connectivity index (χ0v) is 16.5.